The lowest BCUT2D eigenvalue weighted by Gasteiger charge is -2.35. The molecule has 0 saturated carbocycles. The second-order valence-electron chi connectivity index (χ2n) is 16.8. The fraction of sp³-hybridized carbons (Fsp3) is 0.733. The molecule has 63 heavy (non-hydrogen) atoms. The fourth-order valence-electron chi connectivity index (χ4n) is 6.18. The number of aliphatic hydroxyl groups excluding tert-OH is 1. The quantitative estimate of drug-likeness (QED) is 0.0339. The molecule has 0 heterocycles. The van der Waals surface area contributed by atoms with E-state index in [4.69, 9.17) is 33.2 Å². The van der Waals surface area contributed by atoms with Gasteiger partial charge in [0.1, 0.15) is 43.5 Å². The smallest absolute Gasteiger partial charge is 0.330 e. The van der Waals surface area contributed by atoms with Crippen LogP contribution < -0.4 is 0 Å². The number of hydrogen-bond donors (Lipinski definition) is 1. The van der Waals surface area contributed by atoms with Crippen molar-refractivity contribution < 1.29 is 67.0 Å². The standard InChI is InChI=1S/C45H78N4O14/c1-30(20-21-39(63-43(54)34(5)46(7)8)33(4)42(62-35(6)51)31(2)22-23-49(13)29-50)41(53)32(3)24-59-40(52)19-17-16-18-36(25-60-44(55)37(27-57-14)47(9)10)26-61-45(56)38(28-58-15)48(11)12/h16-19,22-23,29-34,36-39,41-42,53H,20-21,24-28H2,1-15H3/b18-16+,19-17+,23-22+/t30-,31+,32+,33-,34?,36?,37?,38?,39+,41-,42+/m0/s1. The average molecular weight is 899 g/mol. The lowest BCUT2D eigenvalue weighted by atomic mass is 9.84. The van der Waals surface area contributed by atoms with Gasteiger partial charge in [-0.1, -0.05) is 52.0 Å². The maximum Gasteiger partial charge on any atom is 0.330 e. The Kier molecular flexibility index (Phi) is 29.5. The number of methoxy groups -OCH3 is 2. The number of rotatable bonds is 32. The highest BCUT2D eigenvalue weighted by Gasteiger charge is 2.36. The summed E-state index contributed by atoms with van der Waals surface area (Å²) < 4.78 is 38.6. The zero-order valence-electron chi connectivity index (χ0n) is 40.4. The molecule has 362 valence electrons. The predicted molar refractivity (Wildman–Crippen MR) is 237 cm³/mol. The topological polar surface area (TPSA) is 200 Å². The molecule has 0 radical (unpaired) electrons. The summed E-state index contributed by atoms with van der Waals surface area (Å²) in [5.41, 5.74) is 0. The first-order chi connectivity index (χ1) is 29.5. The number of likely N-dealkylation sites (N-methyl/N-ethyl adjacent to an activating group) is 3. The van der Waals surface area contributed by atoms with E-state index in [1.165, 1.54) is 38.2 Å². The minimum atomic E-state index is -0.892. The zero-order chi connectivity index (χ0) is 48.4. The SMILES string of the molecule is COCC(C(=O)OCC(/C=C/C=C/C(=O)OC[C@@H](C)[C@@H](O)[C@@H](C)CC[C@@H](OC(=O)C(C)N(C)C)[C@H](C)[C@H](OC(C)=O)[C@H](C)/C=C/N(C)C=O)COC(=O)C(COC)N(C)C)N(C)C. The Balaban J connectivity index is 5.81. The Bertz CT molecular complexity index is 1440. The van der Waals surface area contributed by atoms with Gasteiger partial charge < -0.3 is 43.2 Å². The van der Waals surface area contributed by atoms with Gasteiger partial charge in [-0.15, -0.1) is 0 Å². The first-order valence-electron chi connectivity index (χ1n) is 21.3. The number of carbonyl (C=O) groups is 6. The molecule has 0 saturated heterocycles. The summed E-state index contributed by atoms with van der Waals surface area (Å²) in [6.45, 7) is 10.3. The molecule has 0 rings (SSSR count). The molecule has 0 aromatic heterocycles. The van der Waals surface area contributed by atoms with Crippen molar-refractivity contribution in [3.63, 3.8) is 0 Å². The number of amides is 1. The van der Waals surface area contributed by atoms with Gasteiger partial charge in [0.15, 0.2) is 0 Å². The van der Waals surface area contributed by atoms with Crippen LogP contribution in [0.15, 0.2) is 36.6 Å². The molecule has 0 fully saturated rings. The number of hydrogen-bond acceptors (Lipinski definition) is 17. The minimum Gasteiger partial charge on any atom is -0.464 e. The molecule has 18 heteroatoms. The monoisotopic (exact) mass is 899 g/mol. The molecule has 0 aromatic rings. The molecular formula is C45H78N4O14. The van der Waals surface area contributed by atoms with Gasteiger partial charge >= 0.3 is 29.8 Å². The van der Waals surface area contributed by atoms with Crippen molar-refractivity contribution in [2.45, 2.75) is 90.8 Å². The number of nitrogens with zero attached hydrogens (tertiary/aromatic N) is 4. The Morgan fingerprint density at radius 3 is 1.63 bits per heavy atom. The van der Waals surface area contributed by atoms with Crippen LogP contribution in [0.5, 0.6) is 0 Å². The van der Waals surface area contributed by atoms with Crippen LogP contribution in [-0.4, -0.2) is 194 Å². The molecule has 18 nitrogen and oxygen atoms in total. The van der Waals surface area contributed by atoms with Crippen LogP contribution in [-0.2, 0) is 61.9 Å². The van der Waals surface area contributed by atoms with E-state index in [0.717, 1.165) is 0 Å². The molecule has 0 aromatic carbocycles. The van der Waals surface area contributed by atoms with Gasteiger partial charge in [0.05, 0.1) is 25.9 Å². The molecule has 1 amide bonds. The van der Waals surface area contributed by atoms with Crippen molar-refractivity contribution in [1.29, 1.82) is 0 Å². The molecule has 0 aliphatic carbocycles. The van der Waals surface area contributed by atoms with E-state index in [0.29, 0.717) is 19.3 Å². The first-order valence-corrected chi connectivity index (χ1v) is 21.3. The summed E-state index contributed by atoms with van der Waals surface area (Å²) in [6, 6.07) is -1.83. The normalized spacial score (nSPS) is 17.4. The number of carbonyl (C=O) groups excluding carboxylic acids is 6. The Labute approximate surface area is 375 Å². The van der Waals surface area contributed by atoms with Gasteiger partial charge in [-0.25, -0.2) is 4.79 Å². The van der Waals surface area contributed by atoms with Crippen molar-refractivity contribution in [1.82, 2.24) is 19.6 Å². The third-order valence-electron chi connectivity index (χ3n) is 10.7. The van der Waals surface area contributed by atoms with Gasteiger partial charge in [0.25, 0.3) is 0 Å². The zero-order valence-corrected chi connectivity index (χ0v) is 40.4. The fourth-order valence-corrected chi connectivity index (χ4v) is 6.18. The Morgan fingerprint density at radius 1 is 0.635 bits per heavy atom. The van der Waals surface area contributed by atoms with Crippen LogP contribution in [0.2, 0.25) is 0 Å². The second-order valence-corrected chi connectivity index (χ2v) is 16.8. The van der Waals surface area contributed by atoms with Gasteiger partial charge in [-0.3, -0.25) is 38.7 Å². The summed E-state index contributed by atoms with van der Waals surface area (Å²) >= 11 is 0. The van der Waals surface area contributed by atoms with Gasteiger partial charge in [0, 0.05) is 64.1 Å². The largest absolute Gasteiger partial charge is 0.464 e. The average Bonchev–Trinajstić information content (AvgIpc) is 3.23. The van der Waals surface area contributed by atoms with Gasteiger partial charge in [-0.2, -0.15) is 0 Å². The van der Waals surface area contributed by atoms with E-state index in [1.807, 2.05) is 20.8 Å². The second kappa shape index (κ2) is 31.6. The Hall–Kier alpha value is -4.20. The van der Waals surface area contributed by atoms with E-state index in [9.17, 15) is 33.9 Å². The lowest BCUT2D eigenvalue weighted by Crippen LogP contribution is -2.43. The highest BCUT2D eigenvalue weighted by atomic mass is 16.6. The van der Waals surface area contributed by atoms with Crippen LogP contribution in [0.1, 0.15) is 54.4 Å². The van der Waals surface area contributed by atoms with Crippen LogP contribution in [0, 0.1) is 29.6 Å². The molecule has 10 atom stereocenters. The molecule has 0 aliphatic heterocycles. The summed E-state index contributed by atoms with van der Waals surface area (Å²) in [5, 5.41) is 11.3. The van der Waals surface area contributed by atoms with Crippen molar-refractivity contribution in [2.24, 2.45) is 29.6 Å². The number of aliphatic hydroxyl groups is 1. The minimum absolute atomic E-state index is 0.0846. The van der Waals surface area contributed by atoms with Crippen molar-refractivity contribution >= 4 is 36.3 Å². The lowest BCUT2D eigenvalue weighted by molar-refractivity contribution is -0.166. The van der Waals surface area contributed by atoms with Crippen LogP contribution in [0.4, 0.5) is 0 Å². The maximum absolute atomic E-state index is 13.2. The summed E-state index contributed by atoms with van der Waals surface area (Å²) in [5.74, 6) is -4.78. The van der Waals surface area contributed by atoms with E-state index in [1.54, 1.807) is 102 Å². The summed E-state index contributed by atoms with van der Waals surface area (Å²) in [6.07, 6.45) is 8.29. The summed E-state index contributed by atoms with van der Waals surface area (Å²) in [7, 11) is 15.0. The molecule has 0 aliphatic rings. The third kappa shape index (κ3) is 23.3. The molecule has 1 N–H and O–H groups in total. The molecule has 3 unspecified atom stereocenters. The van der Waals surface area contributed by atoms with Crippen LogP contribution >= 0.6 is 0 Å². The number of ether oxygens (including phenoxy) is 7. The van der Waals surface area contributed by atoms with Crippen LogP contribution in [0.3, 0.4) is 0 Å². The molecular weight excluding hydrogens is 821 g/mol. The van der Waals surface area contributed by atoms with Crippen LogP contribution in [0.25, 0.3) is 0 Å². The molecule has 0 bridgehead atoms. The number of esters is 5. The highest BCUT2D eigenvalue weighted by molar-refractivity contribution is 5.82. The Morgan fingerprint density at radius 2 is 1.17 bits per heavy atom. The molecule has 0 spiro atoms. The van der Waals surface area contributed by atoms with E-state index >= 15 is 0 Å². The maximum atomic E-state index is 13.2. The van der Waals surface area contributed by atoms with E-state index in [2.05, 4.69) is 0 Å². The first kappa shape index (κ1) is 58.8. The van der Waals surface area contributed by atoms with Crippen molar-refractivity contribution in [3.05, 3.63) is 36.6 Å². The highest BCUT2D eigenvalue weighted by Crippen LogP contribution is 2.29. The van der Waals surface area contributed by atoms with Gasteiger partial charge in [-0.05, 0) is 68.0 Å². The van der Waals surface area contributed by atoms with Crippen molar-refractivity contribution in [3.8, 4) is 0 Å². The predicted octanol–water partition coefficient (Wildman–Crippen LogP) is 2.58. The van der Waals surface area contributed by atoms with E-state index < -0.39 is 84.0 Å². The number of allylic oxidation sites excluding steroid dienone is 2. The summed E-state index contributed by atoms with van der Waals surface area (Å²) in [4.78, 5) is 81.2. The van der Waals surface area contributed by atoms with E-state index in [-0.39, 0.29) is 44.9 Å². The van der Waals surface area contributed by atoms with Gasteiger partial charge in [0.2, 0.25) is 6.41 Å². The third-order valence-corrected chi connectivity index (χ3v) is 10.7. The van der Waals surface area contributed by atoms with Crippen molar-refractivity contribution in [2.75, 3.05) is 96.6 Å².